The van der Waals surface area contributed by atoms with Crippen molar-refractivity contribution < 1.29 is 4.79 Å². The highest BCUT2D eigenvalue weighted by Crippen LogP contribution is 1.99. The number of nitrogens with one attached hydrogen (secondary N) is 2. The molecule has 1 unspecified atom stereocenters. The van der Waals surface area contributed by atoms with Crippen molar-refractivity contribution in [3.8, 4) is 0 Å². The summed E-state index contributed by atoms with van der Waals surface area (Å²) >= 11 is 0. The maximum absolute atomic E-state index is 11.3. The van der Waals surface area contributed by atoms with Crippen molar-refractivity contribution in [1.82, 2.24) is 10.6 Å². The molecule has 0 bridgehead atoms. The number of hydrogen-bond donors (Lipinski definition) is 2. The Morgan fingerprint density at radius 2 is 2.42 bits per heavy atom. The van der Waals surface area contributed by atoms with Gasteiger partial charge in [-0.05, 0) is 26.8 Å². The Hall–Kier alpha value is -0.830. The Morgan fingerprint density at radius 3 is 2.92 bits per heavy atom. The van der Waals surface area contributed by atoms with Gasteiger partial charge in [-0.25, -0.2) is 0 Å². The zero-order valence-electron chi connectivity index (χ0n) is 7.68. The van der Waals surface area contributed by atoms with Crippen molar-refractivity contribution in [3.63, 3.8) is 0 Å². The molecule has 3 heteroatoms. The van der Waals surface area contributed by atoms with E-state index in [-0.39, 0.29) is 5.91 Å². The monoisotopic (exact) mass is 168 g/mol. The minimum absolute atomic E-state index is 0.0613. The third-order valence-electron chi connectivity index (χ3n) is 2.19. The molecule has 0 aliphatic carbocycles. The first kappa shape index (κ1) is 9.26. The van der Waals surface area contributed by atoms with E-state index >= 15 is 0 Å². The first-order chi connectivity index (χ1) is 5.74. The molecule has 2 N–H and O–H groups in total. The summed E-state index contributed by atoms with van der Waals surface area (Å²) in [6, 6.07) is 0.326. The lowest BCUT2D eigenvalue weighted by Crippen LogP contribution is -2.36. The van der Waals surface area contributed by atoms with Crippen LogP contribution in [-0.4, -0.2) is 25.0 Å². The molecule has 68 valence electrons. The Balaban J connectivity index is 2.35. The van der Waals surface area contributed by atoms with Crippen molar-refractivity contribution in [2.75, 3.05) is 13.1 Å². The average Bonchev–Trinajstić information content (AvgIpc) is 2.55. The van der Waals surface area contributed by atoms with Gasteiger partial charge in [-0.1, -0.05) is 6.08 Å². The minimum atomic E-state index is 0.0613. The van der Waals surface area contributed by atoms with Gasteiger partial charge in [-0.15, -0.1) is 0 Å². The van der Waals surface area contributed by atoms with Crippen LogP contribution in [0.2, 0.25) is 0 Å². The summed E-state index contributed by atoms with van der Waals surface area (Å²) in [5, 5.41) is 6.16. The Labute approximate surface area is 73.2 Å². The van der Waals surface area contributed by atoms with Crippen molar-refractivity contribution >= 4 is 5.91 Å². The lowest BCUT2D eigenvalue weighted by Gasteiger charge is -2.10. The second kappa shape index (κ2) is 4.26. The largest absolute Gasteiger partial charge is 0.348 e. The van der Waals surface area contributed by atoms with Gasteiger partial charge < -0.3 is 10.6 Å². The number of carbonyl (C=O) groups is 1. The molecule has 0 radical (unpaired) electrons. The van der Waals surface area contributed by atoms with Crippen LogP contribution in [0.3, 0.4) is 0 Å². The highest BCUT2D eigenvalue weighted by Gasteiger charge is 2.16. The molecule has 12 heavy (non-hydrogen) atoms. The van der Waals surface area contributed by atoms with Gasteiger partial charge in [0.05, 0.1) is 0 Å². The van der Waals surface area contributed by atoms with Gasteiger partial charge in [0.15, 0.2) is 0 Å². The normalized spacial score (nSPS) is 24.2. The van der Waals surface area contributed by atoms with Crippen LogP contribution in [0.15, 0.2) is 11.6 Å². The quantitative estimate of drug-likeness (QED) is 0.587. The number of allylic oxidation sites excluding steroid dienone is 1. The van der Waals surface area contributed by atoms with Gasteiger partial charge in [-0.2, -0.15) is 0 Å². The zero-order chi connectivity index (χ0) is 8.97. The van der Waals surface area contributed by atoms with E-state index in [1.165, 1.54) is 0 Å². The van der Waals surface area contributed by atoms with E-state index in [0.717, 1.165) is 25.1 Å². The summed E-state index contributed by atoms with van der Waals surface area (Å²) in [6.45, 7) is 5.63. The molecule has 1 fully saturated rings. The maximum atomic E-state index is 11.3. The molecule has 0 aromatic heterocycles. The summed E-state index contributed by atoms with van der Waals surface area (Å²) < 4.78 is 0. The van der Waals surface area contributed by atoms with E-state index < -0.39 is 0 Å². The second-order valence-electron chi connectivity index (χ2n) is 3.13. The number of hydrogen-bond acceptors (Lipinski definition) is 2. The van der Waals surface area contributed by atoms with Gasteiger partial charge in [-0.3, -0.25) is 4.79 Å². The predicted molar refractivity (Wildman–Crippen MR) is 48.8 cm³/mol. The Morgan fingerprint density at radius 1 is 1.67 bits per heavy atom. The van der Waals surface area contributed by atoms with Crippen molar-refractivity contribution in [1.29, 1.82) is 0 Å². The molecular formula is C9H16N2O. The summed E-state index contributed by atoms with van der Waals surface area (Å²) in [5.41, 5.74) is 0.793. The molecule has 1 saturated heterocycles. The molecule has 1 aliphatic rings. The molecular weight excluding hydrogens is 152 g/mol. The summed E-state index contributed by atoms with van der Waals surface area (Å²) in [7, 11) is 0. The third-order valence-corrected chi connectivity index (χ3v) is 2.19. The van der Waals surface area contributed by atoms with E-state index in [0.29, 0.717) is 6.04 Å². The molecule has 1 rings (SSSR count). The molecule has 1 heterocycles. The third kappa shape index (κ3) is 2.34. The predicted octanol–water partition coefficient (Wildman–Crippen LogP) is 0.431. The summed E-state index contributed by atoms with van der Waals surface area (Å²) in [6.07, 6.45) is 2.88. The van der Waals surface area contributed by atoms with Gasteiger partial charge in [0.2, 0.25) is 5.91 Å². The van der Waals surface area contributed by atoms with Crippen LogP contribution in [0.1, 0.15) is 20.3 Å². The van der Waals surface area contributed by atoms with Crippen LogP contribution in [0.25, 0.3) is 0 Å². The number of rotatable bonds is 2. The SMILES string of the molecule is C/C=C(/C)C(=O)NC1CCNC1. The lowest BCUT2D eigenvalue weighted by molar-refractivity contribution is -0.118. The van der Waals surface area contributed by atoms with Crippen molar-refractivity contribution in [2.24, 2.45) is 0 Å². The molecule has 0 aromatic carbocycles. The van der Waals surface area contributed by atoms with Crippen LogP contribution in [0.4, 0.5) is 0 Å². The minimum Gasteiger partial charge on any atom is -0.348 e. The van der Waals surface area contributed by atoms with Gasteiger partial charge in [0.25, 0.3) is 0 Å². The number of amides is 1. The smallest absolute Gasteiger partial charge is 0.246 e. The Kier molecular flexibility index (Phi) is 3.29. The first-order valence-electron chi connectivity index (χ1n) is 4.38. The molecule has 0 spiro atoms. The van der Waals surface area contributed by atoms with Crippen molar-refractivity contribution in [3.05, 3.63) is 11.6 Å². The Bertz CT molecular complexity index is 193. The van der Waals surface area contributed by atoms with Crippen LogP contribution in [0.5, 0.6) is 0 Å². The topological polar surface area (TPSA) is 41.1 Å². The fraction of sp³-hybridized carbons (Fsp3) is 0.667. The molecule has 1 atom stereocenters. The second-order valence-corrected chi connectivity index (χ2v) is 3.13. The highest BCUT2D eigenvalue weighted by molar-refractivity contribution is 5.92. The van der Waals surface area contributed by atoms with Crippen molar-refractivity contribution in [2.45, 2.75) is 26.3 Å². The average molecular weight is 168 g/mol. The maximum Gasteiger partial charge on any atom is 0.246 e. The van der Waals surface area contributed by atoms with E-state index in [4.69, 9.17) is 0 Å². The molecule has 3 nitrogen and oxygen atoms in total. The van der Waals surface area contributed by atoms with Gasteiger partial charge in [0, 0.05) is 18.2 Å². The first-order valence-corrected chi connectivity index (χ1v) is 4.38. The van der Waals surface area contributed by atoms with Crippen LogP contribution in [-0.2, 0) is 4.79 Å². The van der Waals surface area contributed by atoms with Crippen LogP contribution in [0, 0.1) is 0 Å². The van der Waals surface area contributed by atoms with Crippen LogP contribution < -0.4 is 10.6 Å². The zero-order valence-corrected chi connectivity index (χ0v) is 7.68. The fourth-order valence-corrected chi connectivity index (χ4v) is 1.21. The summed E-state index contributed by atoms with van der Waals surface area (Å²) in [4.78, 5) is 11.3. The highest BCUT2D eigenvalue weighted by atomic mass is 16.1. The molecule has 1 amide bonds. The van der Waals surface area contributed by atoms with E-state index in [1.54, 1.807) is 0 Å². The van der Waals surface area contributed by atoms with E-state index in [2.05, 4.69) is 10.6 Å². The molecule has 0 saturated carbocycles. The summed E-state index contributed by atoms with van der Waals surface area (Å²) in [5.74, 6) is 0.0613. The van der Waals surface area contributed by atoms with E-state index in [9.17, 15) is 4.79 Å². The van der Waals surface area contributed by atoms with Gasteiger partial charge in [0.1, 0.15) is 0 Å². The number of carbonyl (C=O) groups excluding carboxylic acids is 1. The van der Waals surface area contributed by atoms with E-state index in [1.807, 2.05) is 19.9 Å². The fourth-order valence-electron chi connectivity index (χ4n) is 1.21. The molecule has 0 aromatic rings. The standard InChI is InChI=1S/C9H16N2O/c1-3-7(2)9(12)11-8-4-5-10-6-8/h3,8,10H,4-6H2,1-2H3,(H,11,12)/b7-3-. The lowest BCUT2D eigenvalue weighted by atomic mass is 10.2. The van der Waals surface area contributed by atoms with Crippen LogP contribution >= 0.6 is 0 Å². The molecule has 1 aliphatic heterocycles. The van der Waals surface area contributed by atoms with Gasteiger partial charge >= 0.3 is 0 Å².